The molecule has 0 spiro atoms. The zero-order valence-electron chi connectivity index (χ0n) is 11.6. The Morgan fingerprint density at radius 2 is 1.86 bits per heavy atom. The van der Waals surface area contributed by atoms with Gasteiger partial charge in [-0.15, -0.1) is 0 Å². The van der Waals surface area contributed by atoms with Crippen LogP contribution in [-0.4, -0.2) is 17.6 Å². The molecule has 0 aliphatic rings. The fourth-order valence-electron chi connectivity index (χ4n) is 1.85. The predicted octanol–water partition coefficient (Wildman–Crippen LogP) is 1.66. The number of aliphatic hydroxyl groups is 1. The van der Waals surface area contributed by atoms with Gasteiger partial charge in [0.05, 0.1) is 6.61 Å². The number of nitrogens with two attached hydrogens (primary N) is 1. The Bertz CT molecular complexity index is 597. The first-order chi connectivity index (χ1) is 10.2. The molecule has 110 valence electrons. The lowest BCUT2D eigenvalue weighted by atomic mass is 10.2. The third-order valence-corrected chi connectivity index (χ3v) is 2.97. The highest BCUT2D eigenvalue weighted by Crippen LogP contribution is 2.17. The van der Waals surface area contributed by atoms with E-state index >= 15 is 0 Å². The Morgan fingerprint density at radius 3 is 2.52 bits per heavy atom. The molecular formula is C16H18N2O3. The van der Waals surface area contributed by atoms with E-state index in [2.05, 4.69) is 5.32 Å². The highest BCUT2D eigenvalue weighted by atomic mass is 16.5. The Balaban J connectivity index is 1.89. The van der Waals surface area contributed by atoms with Crippen LogP contribution in [-0.2, 0) is 17.9 Å². The summed E-state index contributed by atoms with van der Waals surface area (Å²) in [4.78, 5) is 11.8. The predicted molar refractivity (Wildman–Crippen MR) is 80.8 cm³/mol. The summed E-state index contributed by atoms with van der Waals surface area (Å²) in [6, 6.07) is 14.3. The van der Waals surface area contributed by atoms with E-state index < -0.39 is 0 Å². The molecular weight excluding hydrogens is 268 g/mol. The molecule has 2 aromatic rings. The number of benzene rings is 2. The summed E-state index contributed by atoms with van der Waals surface area (Å²) in [5.74, 6) is 0.365. The molecule has 1 amide bonds. The van der Waals surface area contributed by atoms with Gasteiger partial charge in [0.15, 0.2) is 6.61 Å². The van der Waals surface area contributed by atoms with E-state index in [0.717, 1.165) is 11.1 Å². The molecule has 5 heteroatoms. The molecule has 0 aromatic heterocycles. The monoisotopic (exact) mass is 286 g/mol. The van der Waals surface area contributed by atoms with Crippen LogP contribution in [0.2, 0.25) is 0 Å². The van der Waals surface area contributed by atoms with Crippen molar-refractivity contribution in [2.45, 2.75) is 13.2 Å². The van der Waals surface area contributed by atoms with Crippen molar-refractivity contribution < 1.29 is 14.6 Å². The molecule has 2 aromatic carbocycles. The molecule has 0 fully saturated rings. The molecule has 0 radical (unpaired) electrons. The van der Waals surface area contributed by atoms with Crippen molar-refractivity contribution in [2.75, 3.05) is 11.9 Å². The van der Waals surface area contributed by atoms with Crippen molar-refractivity contribution in [1.29, 1.82) is 0 Å². The first-order valence-electron chi connectivity index (χ1n) is 6.63. The van der Waals surface area contributed by atoms with Crippen molar-refractivity contribution in [3.8, 4) is 5.75 Å². The van der Waals surface area contributed by atoms with E-state index in [0.29, 0.717) is 18.0 Å². The lowest BCUT2D eigenvalue weighted by Crippen LogP contribution is -2.20. The average Bonchev–Trinajstić information content (AvgIpc) is 2.54. The fourth-order valence-corrected chi connectivity index (χ4v) is 1.85. The van der Waals surface area contributed by atoms with Crippen LogP contribution in [0.4, 0.5) is 5.69 Å². The molecule has 0 aliphatic heterocycles. The van der Waals surface area contributed by atoms with Crippen molar-refractivity contribution in [2.24, 2.45) is 5.73 Å². The average molecular weight is 286 g/mol. The Hall–Kier alpha value is -2.37. The summed E-state index contributed by atoms with van der Waals surface area (Å²) in [5, 5.41) is 11.7. The molecule has 5 nitrogen and oxygen atoms in total. The zero-order chi connectivity index (χ0) is 15.1. The molecule has 0 bridgehead atoms. The van der Waals surface area contributed by atoms with Gasteiger partial charge in [0.1, 0.15) is 5.75 Å². The number of hydrogen-bond donors (Lipinski definition) is 3. The molecule has 0 atom stereocenters. The molecule has 4 N–H and O–H groups in total. The third-order valence-electron chi connectivity index (χ3n) is 2.97. The van der Waals surface area contributed by atoms with Gasteiger partial charge in [-0.05, 0) is 23.8 Å². The minimum Gasteiger partial charge on any atom is -0.483 e. The highest BCUT2D eigenvalue weighted by Gasteiger charge is 2.06. The maximum atomic E-state index is 11.8. The van der Waals surface area contributed by atoms with E-state index in [9.17, 15) is 4.79 Å². The Kier molecular flexibility index (Phi) is 5.31. The van der Waals surface area contributed by atoms with Crippen LogP contribution in [0.15, 0.2) is 48.5 Å². The van der Waals surface area contributed by atoms with Crippen LogP contribution in [0, 0.1) is 0 Å². The van der Waals surface area contributed by atoms with Crippen LogP contribution >= 0.6 is 0 Å². The molecule has 21 heavy (non-hydrogen) atoms. The SMILES string of the molecule is NCc1ccccc1OCC(=O)Nc1ccc(CO)cc1. The number of aliphatic hydroxyl groups excluding tert-OH is 1. The van der Waals surface area contributed by atoms with E-state index in [1.807, 2.05) is 18.2 Å². The lowest BCUT2D eigenvalue weighted by Gasteiger charge is -2.10. The van der Waals surface area contributed by atoms with Gasteiger partial charge < -0.3 is 20.9 Å². The number of para-hydroxylation sites is 1. The molecule has 0 aliphatic carbocycles. The maximum Gasteiger partial charge on any atom is 0.262 e. The largest absolute Gasteiger partial charge is 0.483 e. The third kappa shape index (κ3) is 4.30. The van der Waals surface area contributed by atoms with E-state index in [4.69, 9.17) is 15.6 Å². The number of anilines is 1. The van der Waals surface area contributed by atoms with Crippen molar-refractivity contribution in [3.05, 3.63) is 59.7 Å². The minimum atomic E-state index is -0.251. The minimum absolute atomic E-state index is 0.0206. The summed E-state index contributed by atoms with van der Waals surface area (Å²) < 4.78 is 5.47. The summed E-state index contributed by atoms with van der Waals surface area (Å²) >= 11 is 0. The number of carbonyl (C=O) groups is 1. The summed E-state index contributed by atoms with van der Waals surface area (Å²) in [6.07, 6.45) is 0. The fraction of sp³-hybridized carbons (Fsp3) is 0.188. The first kappa shape index (κ1) is 15.0. The van der Waals surface area contributed by atoms with Gasteiger partial charge in [-0.3, -0.25) is 4.79 Å². The van der Waals surface area contributed by atoms with Crippen LogP contribution in [0.1, 0.15) is 11.1 Å². The van der Waals surface area contributed by atoms with Gasteiger partial charge in [-0.25, -0.2) is 0 Å². The summed E-state index contributed by atoms with van der Waals surface area (Å²) in [6.45, 7) is 0.256. The van der Waals surface area contributed by atoms with Crippen LogP contribution < -0.4 is 15.8 Å². The molecule has 0 unspecified atom stereocenters. The zero-order valence-corrected chi connectivity index (χ0v) is 11.6. The van der Waals surface area contributed by atoms with E-state index in [-0.39, 0.29) is 19.1 Å². The lowest BCUT2D eigenvalue weighted by molar-refractivity contribution is -0.118. The molecule has 0 heterocycles. The van der Waals surface area contributed by atoms with Gasteiger partial charge in [0.2, 0.25) is 0 Å². The van der Waals surface area contributed by atoms with Crippen molar-refractivity contribution in [1.82, 2.24) is 0 Å². The normalized spacial score (nSPS) is 10.2. The van der Waals surface area contributed by atoms with Crippen molar-refractivity contribution >= 4 is 11.6 Å². The number of hydrogen-bond acceptors (Lipinski definition) is 4. The molecule has 0 saturated carbocycles. The summed E-state index contributed by atoms with van der Waals surface area (Å²) in [5.41, 5.74) is 7.92. The Morgan fingerprint density at radius 1 is 1.14 bits per heavy atom. The topological polar surface area (TPSA) is 84.6 Å². The second-order valence-electron chi connectivity index (χ2n) is 4.50. The summed E-state index contributed by atoms with van der Waals surface area (Å²) in [7, 11) is 0. The van der Waals surface area contributed by atoms with Crippen LogP contribution in [0.3, 0.4) is 0 Å². The smallest absolute Gasteiger partial charge is 0.262 e. The van der Waals surface area contributed by atoms with Crippen LogP contribution in [0.25, 0.3) is 0 Å². The van der Waals surface area contributed by atoms with Gasteiger partial charge in [-0.1, -0.05) is 30.3 Å². The van der Waals surface area contributed by atoms with Crippen LogP contribution in [0.5, 0.6) is 5.75 Å². The van der Waals surface area contributed by atoms with E-state index in [1.165, 1.54) is 0 Å². The number of carbonyl (C=O) groups excluding carboxylic acids is 1. The second-order valence-corrected chi connectivity index (χ2v) is 4.50. The second kappa shape index (κ2) is 7.42. The number of rotatable bonds is 6. The van der Waals surface area contributed by atoms with E-state index in [1.54, 1.807) is 30.3 Å². The number of amides is 1. The van der Waals surface area contributed by atoms with Gasteiger partial charge >= 0.3 is 0 Å². The quantitative estimate of drug-likeness (QED) is 0.754. The molecule has 2 rings (SSSR count). The van der Waals surface area contributed by atoms with Gasteiger partial charge in [0.25, 0.3) is 5.91 Å². The van der Waals surface area contributed by atoms with Crippen molar-refractivity contribution in [3.63, 3.8) is 0 Å². The number of ether oxygens (including phenoxy) is 1. The Labute approximate surface area is 123 Å². The van der Waals surface area contributed by atoms with Gasteiger partial charge in [0, 0.05) is 17.8 Å². The standard InChI is InChI=1S/C16H18N2O3/c17-9-13-3-1-2-4-15(13)21-11-16(20)18-14-7-5-12(10-19)6-8-14/h1-8,19H,9-11,17H2,(H,18,20). The maximum absolute atomic E-state index is 11.8. The van der Waals surface area contributed by atoms with Gasteiger partial charge in [-0.2, -0.15) is 0 Å². The molecule has 0 saturated heterocycles. The number of nitrogens with one attached hydrogen (secondary N) is 1. The highest BCUT2D eigenvalue weighted by molar-refractivity contribution is 5.91. The first-order valence-corrected chi connectivity index (χ1v) is 6.63.